The lowest BCUT2D eigenvalue weighted by atomic mass is 9.96. The summed E-state index contributed by atoms with van der Waals surface area (Å²) in [5, 5.41) is 3.37. The van der Waals surface area contributed by atoms with Crippen LogP contribution in [0.4, 0.5) is 4.79 Å². The van der Waals surface area contributed by atoms with Crippen molar-refractivity contribution in [1.29, 1.82) is 0 Å². The highest BCUT2D eigenvalue weighted by atomic mass is 35.5. The van der Waals surface area contributed by atoms with Crippen LogP contribution in [0.2, 0.25) is 0 Å². The molecule has 0 bridgehead atoms. The number of amides is 3. The number of hydrogen-bond donors (Lipinski definition) is 1. The molecule has 3 heterocycles. The van der Waals surface area contributed by atoms with Crippen LogP contribution in [-0.4, -0.2) is 78.5 Å². The second kappa shape index (κ2) is 8.20. The lowest BCUT2D eigenvalue weighted by Crippen LogP contribution is -2.55. The van der Waals surface area contributed by atoms with Crippen LogP contribution in [0.25, 0.3) is 0 Å². The summed E-state index contributed by atoms with van der Waals surface area (Å²) >= 11 is 0. The predicted molar refractivity (Wildman–Crippen MR) is 91.8 cm³/mol. The summed E-state index contributed by atoms with van der Waals surface area (Å²) in [4.78, 5) is 31.1. The Morgan fingerprint density at radius 3 is 2.30 bits per heavy atom. The second-order valence-electron chi connectivity index (χ2n) is 6.90. The minimum Gasteiger partial charge on any atom is -0.340 e. The highest BCUT2D eigenvalue weighted by molar-refractivity contribution is 5.85. The zero-order chi connectivity index (χ0) is 15.5. The first kappa shape index (κ1) is 18.3. The van der Waals surface area contributed by atoms with E-state index in [-0.39, 0.29) is 30.3 Å². The van der Waals surface area contributed by atoms with Crippen molar-refractivity contribution in [2.45, 2.75) is 38.6 Å². The van der Waals surface area contributed by atoms with Crippen LogP contribution in [0.15, 0.2) is 0 Å². The van der Waals surface area contributed by atoms with Gasteiger partial charge in [0.15, 0.2) is 0 Å². The third-order valence-corrected chi connectivity index (χ3v) is 5.10. The van der Waals surface area contributed by atoms with E-state index < -0.39 is 0 Å². The lowest BCUT2D eigenvalue weighted by molar-refractivity contribution is -0.138. The SMILES string of the molecule is CC1CN(C(=O)C2CCCN(C(=O)N3CCCC3)C2)CCN1.Cl. The molecule has 0 saturated carbocycles. The second-order valence-corrected chi connectivity index (χ2v) is 6.90. The van der Waals surface area contributed by atoms with Gasteiger partial charge in [0.2, 0.25) is 5.91 Å². The number of nitrogens with one attached hydrogen (secondary N) is 1. The molecule has 0 spiro atoms. The van der Waals surface area contributed by atoms with E-state index in [1.807, 2.05) is 14.7 Å². The van der Waals surface area contributed by atoms with E-state index in [0.29, 0.717) is 12.6 Å². The first-order chi connectivity index (χ1) is 10.6. The normalized spacial score (nSPS) is 28.5. The first-order valence-electron chi connectivity index (χ1n) is 8.71. The van der Waals surface area contributed by atoms with Crippen LogP contribution >= 0.6 is 12.4 Å². The van der Waals surface area contributed by atoms with Gasteiger partial charge in [-0.2, -0.15) is 0 Å². The first-order valence-corrected chi connectivity index (χ1v) is 8.71. The van der Waals surface area contributed by atoms with Crippen LogP contribution in [0.3, 0.4) is 0 Å². The molecule has 3 fully saturated rings. The zero-order valence-corrected chi connectivity index (χ0v) is 14.8. The molecule has 3 aliphatic rings. The molecular formula is C16H29ClN4O2. The molecule has 6 nitrogen and oxygen atoms in total. The minimum atomic E-state index is -0.00870. The number of halogens is 1. The smallest absolute Gasteiger partial charge is 0.320 e. The van der Waals surface area contributed by atoms with Gasteiger partial charge in [0.25, 0.3) is 0 Å². The van der Waals surface area contributed by atoms with Gasteiger partial charge in [-0.1, -0.05) is 0 Å². The van der Waals surface area contributed by atoms with E-state index >= 15 is 0 Å². The predicted octanol–water partition coefficient (Wildman–Crippen LogP) is 1.16. The fourth-order valence-corrected chi connectivity index (χ4v) is 3.85. The fraction of sp³-hybridized carbons (Fsp3) is 0.875. The number of hydrogen-bond acceptors (Lipinski definition) is 3. The number of piperazine rings is 1. The van der Waals surface area contributed by atoms with E-state index in [2.05, 4.69) is 12.2 Å². The molecule has 3 amide bonds. The number of rotatable bonds is 1. The van der Waals surface area contributed by atoms with Gasteiger partial charge in [0.1, 0.15) is 0 Å². The number of likely N-dealkylation sites (tertiary alicyclic amines) is 2. The summed E-state index contributed by atoms with van der Waals surface area (Å²) in [5.41, 5.74) is 0. The van der Waals surface area contributed by atoms with Crippen molar-refractivity contribution in [2.24, 2.45) is 5.92 Å². The number of urea groups is 1. The minimum absolute atomic E-state index is 0. The van der Waals surface area contributed by atoms with Crippen LogP contribution in [-0.2, 0) is 4.79 Å². The molecule has 2 unspecified atom stereocenters. The van der Waals surface area contributed by atoms with Crippen molar-refractivity contribution >= 4 is 24.3 Å². The van der Waals surface area contributed by atoms with Crippen molar-refractivity contribution in [3.63, 3.8) is 0 Å². The molecule has 0 aromatic heterocycles. The average molecular weight is 345 g/mol. The Balaban J connectivity index is 0.00000192. The maximum absolute atomic E-state index is 12.7. The summed E-state index contributed by atoms with van der Waals surface area (Å²) in [6.45, 7) is 7.73. The maximum Gasteiger partial charge on any atom is 0.320 e. The van der Waals surface area contributed by atoms with Crippen LogP contribution < -0.4 is 5.32 Å². The average Bonchev–Trinajstić information content (AvgIpc) is 3.08. The van der Waals surface area contributed by atoms with Gasteiger partial charge in [-0.15, -0.1) is 12.4 Å². The van der Waals surface area contributed by atoms with E-state index in [9.17, 15) is 9.59 Å². The Morgan fingerprint density at radius 1 is 0.913 bits per heavy atom. The standard InChI is InChI=1S/C16H28N4O2.ClH/c1-13-11-19(10-6-17-13)15(21)14-5-4-9-20(12-14)16(22)18-7-2-3-8-18;/h13-14,17H,2-12H2,1H3;1H. The van der Waals surface area contributed by atoms with Gasteiger partial charge < -0.3 is 20.0 Å². The van der Waals surface area contributed by atoms with E-state index in [1.54, 1.807) is 0 Å². The maximum atomic E-state index is 12.7. The Kier molecular flexibility index (Phi) is 6.53. The summed E-state index contributed by atoms with van der Waals surface area (Å²) in [6, 6.07) is 0.507. The highest BCUT2D eigenvalue weighted by Crippen LogP contribution is 2.22. The molecule has 7 heteroatoms. The Morgan fingerprint density at radius 2 is 1.61 bits per heavy atom. The number of nitrogens with zero attached hydrogens (tertiary/aromatic N) is 3. The van der Waals surface area contributed by atoms with Crippen LogP contribution in [0.5, 0.6) is 0 Å². The van der Waals surface area contributed by atoms with Crippen molar-refractivity contribution in [3.8, 4) is 0 Å². The molecule has 2 atom stereocenters. The highest BCUT2D eigenvalue weighted by Gasteiger charge is 2.34. The molecule has 23 heavy (non-hydrogen) atoms. The number of carbonyl (C=O) groups is 2. The topological polar surface area (TPSA) is 55.9 Å². The monoisotopic (exact) mass is 344 g/mol. The molecule has 0 aromatic carbocycles. The van der Waals surface area contributed by atoms with E-state index in [4.69, 9.17) is 0 Å². The lowest BCUT2D eigenvalue weighted by Gasteiger charge is -2.38. The summed E-state index contributed by atoms with van der Waals surface area (Å²) in [7, 11) is 0. The van der Waals surface area contributed by atoms with Crippen molar-refractivity contribution in [1.82, 2.24) is 20.0 Å². The van der Waals surface area contributed by atoms with Gasteiger partial charge in [-0.3, -0.25) is 4.79 Å². The molecule has 3 aliphatic heterocycles. The fourth-order valence-electron chi connectivity index (χ4n) is 3.85. The van der Waals surface area contributed by atoms with Crippen molar-refractivity contribution in [3.05, 3.63) is 0 Å². The van der Waals surface area contributed by atoms with Crippen molar-refractivity contribution in [2.75, 3.05) is 45.8 Å². The third-order valence-electron chi connectivity index (χ3n) is 5.10. The summed E-state index contributed by atoms with van der Waals surface area (Å²) in [5.74, 6) is 0.234. The quantitative estimate of drug-likeness (QED) is 0.776. The summed E-state index contributed by atoms with van der Waals surface area (Å²) in [6.07, 6.45) is 4.08. The Labute approximate surface area is 145 Å². The van der Waals surface area contributed by atoms with Crippen LogP contribution in [0, 0.1) is 5.92 Å². The van der Waals surface area contributed by atoms with Gasteiger partial charge in [-0.05, 0) is 32.6 Å². The third kappa shape index (κ3) is 4.29. The van der Waals surface area contributed by atoms with Gasteiger partial charge >= 0.3 is 6.03 Å². The molecular weight excluding hydrogens is 316 g/mol. The Bertz CT molecular complexity index is 428. The molecule has 1 N–H and O–H groups in total. The van der Waals surface area contributed by atoms with Gasteiger partial charge in [0.05, 0.1) is 5.92 Å². The number of carbonyl (C=O) groups excluding carboxylic acids is 2. The molecule has 132 valence electrons. The number of piperidine rings is 1. The summed E-state index contributed by atoms with van der Waals surface area (Å²) < 4.78 is 0. The van der Waals surface area contributed by atoms with Crippen molar-refractivity contribution < 1.29 is 9.59 Å². The largest absolute Gasteiger partial charge is 0.340 e. The molecule has 3 rings (SSSR count). The molecule has 0 radical (unpaired) electrons. The molecule has 3 saturated heterocycles. The van der Waals surface area contributed by atoms with Crippen LogP contribution in [0.1, 0.15) is 32.6 Å². The van der Waals surface area contributed by atoms with Gasteiger partial charge in [-0.25, -0.2) is 4.79 Å². The van der Waals surface area contributed by atoms with Gasteiger partial charge in [0, 0.05) is 51.9 Å². The van der Waals surface area contributed by atoms with E-state index in [0.717, 1.165) is 65.0 Å². The van der Waals surface area contributed by atoms with E-state index in [1.165, 1.54) is 0 Å². The zero-order valence-electron chi connectivity index (χ0n) is 14.0. The molecule has 0 aliphatic carbocycles. The Hall–Kier alpha value is -1.01. The molecule has 0 aromatic rings.